The Hall–Kier alpha value is -3.93. The number of carboxylic acid groups (broad SMARTS) is 1. The summed E-state index contributed by atoms with van der Waals surface area (Å²) in [7, 11) is 0. The van der Waals surface area contributed by atoms with Gasteiger partial charge >= 0.3 is 5.97 Å². The van der Waals surface area contributed by atoms with Gasteiger partial charge in [0.2, 0.25) is 23.6 Å². The van der Waals surface area contributed by atoms with Crippen LogP contribution in [0.1, 0.15) is 32.8 Å². The molecule has 4 unspecified atom stereocenters. The molecule has 0 saturated carbocycles. The number of aromatic amines is 1. The molecule has 12 nitrogen and oxygen atoms in total. The van der Waals surface area contributed by atoms with Gasteiger partial charge in [0, 0.05) is 17.1 Å². The van der Waals surface area contributed by atoms with Gasteiger partial charge in [0.15, 0.2) is 0 Å². The molecule has 1 aromatic heterocycles. The van der Waals surface area contributed by atoms with Gasteiger partial charge in [-0.2, -0.15) is 0 Å². The normalized spacial score (nSPS) is 14.5. The van der Waals surface area contributed by atoms with Gasteiger partial charge in [-0.3, -0.25) is 24.0 Å². The van der Waals surface area contributed by atoms with E-state index in [0.29, 0.717) is 0 Å². The lowest BCUT2D eigenvalue weighted by molar-refractivity contribution is -0.142. The Balaban J connectivity index is 2.08. The summed E-state index contributed by atoms with van der Waals surface area (Å²) in [6.07, 6.45) is 1.44. The molecule has 0 bridgehead atoms. The molecule has 4 atom stereocenters. The minimum atomic E-state index is -1.42. The summed E-state index contributed by atoms with van der Waals surface area (Å²) < 4.78 is 0. The van der Waals surface area contributed by atoms with Gasteiger partial charge in [-0.05, 0) is 30.9 Å². The second-order valence-electron chi connectivity index (χ2n) is 8.70. The number of primary amides is 1. The number of fused-ring (bicyclic) bond motifs is 1. The van der Waals surface area contributed by atoms with Crippen LogP contribution in [0.25, 0.3) is 10.9 Å². The largest absolute Gasteiger partial charge is 0.480 e. The third-order valence-corrected chi connectivity index (χ3v) is 5.47. The van der Waals surface area contributed by atoms with Gasteiger partial charge < -0.3 is 37.5 Å². The zero-order valence-corrected chi connectivity index (χ0v) is 19.8. The number of benzene rings is 1. The van der Waals surface area contributed by atoms with Crippen LogP contribution in [-0.2, 0) is 30.4 Å². The number of aromatic nitrogens is 1. The molecule has 0 spiro atoms. The van der Waals surface area contributed by atoms with Crippen LogP contribution in [0.5, 0.6) is 0 Å². The molecule has 2 aromatic rings. The van der Waals surface area contributed by atoms with Crippen LogP contribution >= 0.6 is 0 Å². The van der Waals surface area contributed by atoms with E-state index >= 15 is 0 Å². The van der Waals surface area contributed by atoms with Gasteiger partial charge in [-0.25, -0.2) is 0 Å². The van der Waals surface area contributed by atoms with E-state index in [1.54, 1.807) is 20.0 Å². The number of nitrogens with one attached hydrogen (secondary N) is 4. The lowest BCUT2D eigenvalue weighted by Crippen LogP contribution is -2.58. The molecule has 9 N–H and O–H groups in total. The van der Waals surface area contributed by atoms with Crippen molar-refractivity contribution in [2.45, 2.75) is 57.8 Å². The maximum absolute atomic E-state index is 12.9. The predicted molar refractivity (Wildman–Crippen MR) is 128 cm³/mol. The summed E-state index contributed by atoms with van der Waals surface area (Å²) in [5, 5.41) is 17.1. The van der Waals surface area contributed by atoms with Crippen LogP contribution in [0.15, 0.2) is 30.5 Å². The van der Waals surface area contributed by atoms with E-state index in [0.717, 1.165) is 16.5 Å². The Labute approximate surface area is 202 Å². The Morgan fingerprint density at radius 2 is 1.63 bits per heavy atom. The number of hydrogen-bond donors (Lipinski definition) is 7. The first-order valence-corrected chi connectivity index (χ1v) is 11.1. The Morgan fingerprint density at radius 3 is 2.23 bits per heavy atom. The van der Waals surface area contributed by atoms with E-state index < -0.39 is 66.1 Å². The SMILES string of the molecule is CC(NC(=O)C(CC(N)=O)NC(=O)C(NC(=O)C(N)Cc1c[nH]c2ccccc12)C(C)C)C(=O)O. The summed E-state index contributed by atoms with van der Waals surface area (Å²) >= 11 is 0. The minimum absolute atomic E-state index is 0.224. The second-order valence-corrected chi connectivity index (χ2v) is 8.70. The van der Waals surface area contributed by atoms with Gasteiger partial charge in [0.25, 0.3) is 0 Å². The standard InChI is InChI=1S/C23H32N6O6/c1-11(2)19(22(33)28-17(9-18(25)30)21(32)27-12(3)23(34)35)29-20(31)15(24)8-13-10-26-16-7-5-4-6-14(13)16/h4-7,10-12,15,17,19,26H,8-9,24H2,1-3H3,(H2,25,30)(H,27,32)(H,28,33)(H,29,31)(H,34,35). The smallest absolute Gasteiger partial charge is 0.325 e. The fourth-order valence-electron chi connectivity index (χ4n) is 3.47. The average molecular weight is 489 g/mol. The molecule has 1 heterocycles. The molecule has 12 heteroatoms. The Bertz CT molecular complexity index is 1100. The van der Waals surface area contributed by atoms with Crippen LogP contribution in [0.3, 0.4) is 0 Å². The molecule has 0 aliphatic rings. The number of nitrogens with two attached hydrogens (primary N) is 2. The quantitative estimate of drug-likeness (QED) is 0.200. The number of aliphatic carboxylic acids is 1. The van der Waals surface area contributed by atoms with Crippen molar-refractivity contribution in [2.24, 2.45) is 17.4 Å². The maximum Gasteiger partial charge on any atom is 0.325 e. The molecule has 0 radical (unpaired) electrons. The monoisotopic (exact) mass is 488 g/mol. The number of hydrogen-bond acceptors (Lipinski definition) is 6. The molecule has 0 saturated heterocycles. The Kier molecular flexibility index (Phi) is 9.34. The zero-order valence-electron chi connectivity index (χ0n) is 19.8. The van der Waals surface area contributed by atoms with Crippen LogP contribution in [0.2, 0.25) is 0 Å². The molecule has 0 aliphatic carbocycles. The molecule has 1 aromatic carbocycles. The van der Waals surface area contributed by atoms with Crippen LogP contribution < -0.4 is 27.4 Å². The Morgan fingerprint density at radius 1 is 0.971 bits per heavy atom. The highest BCUT2D eigenvalue weighted by atomic mass is 16.4. The van der Waals surface area contributed by atoms with Crippen molar-refractivity contribution in [3.63, 3.8) is 0 Å². The van der Waals surface area contributed by atoms with E-state index in [1.165, 1.54) is 6.92 Å². The van der Waals surface area contributed by atoms with Crippen molar-refractivity contribution in [3.05, 3.63) is 36.0 Å². The number of carbonyl (C=O) groups is 5. The molecule has 2 rings (SSSR count). The van der Waals surface area contributed by atoms with E-state index in [2.05, 4.69) is 20.9 Å². The lowest BCUT2D eigenvalue weighted by atomic mass is 10.0. The van der Waals surface area contributed by atoms with Crippen molar-refractivity contribution < 1.29 is 29.1 Å². The van der Waals surface area contributed by atoms with Gasteiger partial charge in [0.05, 0.1) is 12.5 Å². The average Bonchev–Trinajstić information content (AvgIpc) is 3.18. The summed E-state index contributed by atoms with van der Waals surface area (Å²) in [4.78, 5) is 63.7. The van der Waals surface area contributed by atoms with E-state index in [9.17, 15) is 24.0 Å². The number of carboxylic acids is 1. The fraction of sp³-hybridized carbons (Fsp3) is 0.435. The predicted octanol–water partition coefficient (Wildman–Crippen LogP) is -0.872. The summed E-state index contributed by atoms with van der Waals surface area (Å²) in [5.74, 6) is -4.76. The van der Waals surface area contributed by atoms with Gasteiger partial charge in [0.1, 0.15) is 18.1 Å². The van der Waals surface area contributed by atoms with E-state index in [4.69, 9.17) is 16.6 Å². The summed E-state index contributed by atoms with van der Waals surface area (Å²) in [6, 6.07) is 2.87. The van der Waals surface area contributed by atoms with Gasteiger partial charge in [-0.15, -0.1) is 0 Å². The van der Waals surface area contributed by atoms with Crippen molar-refractivity contribution in [1.29, 1.82) is 0 Å². The van der Waals surface area contributed by atoms with Crippen molar-refractivity contribution in [3.8, 4) is 0 Å². The third-order valence-electron chi connectivity index (χ3n) is 5.47. The number of carbonyl (C=O) groups excluding carboxylic acids is 4. The minimum Gasteiger partial charge on any atom is -0.480 e. The van der Waals surface area contributed by atoms with Crippen LogP contribution in [0, 0.1) is 5.92 Å². The van der Waals surface area contributed by atoms with Crippen molar-refractivity contribution in [2.75, 3.05) is 0 Å². The summed E-state index contributed by atoms with van der Waals surface area (Å²) in [6.45, 7) is 4.60. The first kappa shape index (κ1) is 27.3. The second kappa shape index (κ2) is 12.0. The molecule has 4 amide bonds. The van der Waals surface area contributed by atoms with Crippen LogP contribution in [0.4, 0.5) is 0 Å². The summed E-state index contributed by atoms with van der Waals surface area (Å²) in [5.41, 5.74) is 13.0. The molecule has 190 valence electrons. The van der Waals surface area contributed by atoms with Crippen LogP contribution in [-0.4, -0.2) is 63.9 Å². The molecular weight excluding hydrogens is 456 g/mol. The fourth-order valence-corrected chi connectivity index (χ4v) is 3.47. The number of rotatable bonds is 12. The molecular formula is C23H32N6O6. The van der Waals surface area contributed by atoms with Crippen molar-refractivity contribution in [1.82, 2.24) is 20.9 Å². The number of amides is 4. The van der Waals surface area contributed by atoms with Crippen molar-refractivity contribution >= 4 is 40.5 Å². The first-order valence-electron chi connectivity index (χ1n) is 11.1. The highest BCUT2D eigenvalue weighted by Crippen LogP contribution is 2.19. The number of H-pyrrole nitrogens is 1. The molecule has 0 aliphatic heterocycles. The van der Waals surface area contributed by atoms with Gasteiger partial charge in [-0.1, -0.05) is 32.0 Å². The first-order chi connectivity index (χ1) is 16.4. The topological polar surface area (TPSA) is 209 Å². The third kappa shape index (κ3) is 7.54. The maximum atomic E-state index is 12.9. The molecule has 0 fully saturated rings. The zero-order chi connectivity index (χ0) is 26.3. The van der Waals surface area contributed by atoms with E-state index in [-0.39, 0.29) is 6.42 Å². The highest BCUT2D eigenvalue weighted by Gasteiger charge is 2.31. The number of para-hydroxylation sites is 1. The van der Waals surface area contributed by atoms with E-state index in [1.807, 2.05) is 24.3 Å². The highest BCUT2D eigenvalue weighted by molar-refractivity contribution is 5.96. The molecule has 35 heavy (non-hydrogen) atoms. The lowest BCUT2D eigenvalue weighted by Gasteiger charge is -2.26.